The van der Waals surface area contributed by atoms with Gasteiger partial charge in [0.2, 0.25) is 0 Å². The first-order chi connectivity index (χ1) is 17.2. The van der Waals surface area contributed by atoms with Gasteiger partial charge in [-0.2, -0.15) is 0 Å². The van der Waals surface area contributed by atoms with E-state index in [-0.39, 0.29) is 0 Å². The van der Waals surface area contributed by atoms with E-state index in [2.05, 4.69) is 78.4 Å². The van der Waals surface area contributed by atoms with Gasteiger partial charge in [0.15, 0.2) is 0 Å². The van der Waals surface area contributed by atoms with Crippen molar-refractivity contribution >= 4 is 28.5 Å². The number of fused-ring (bicyclic) bond motifs is 3. The topological polar surface area (TPSA) is 41.9 Å². The van der Waals surface area contributed by atoms with E-state index >= 15 is 0 Å². The van der Waals surface area contributed by atoms with Crippen LogP contribution in [0.25, 0.3) is 28.4 Å². The van der Waals surface area contributed by atoms with Gasteiger partial charge < -0.3 is 4.90 Å². The summed E-state index contributed by atoms with van der Waals surface area (Å²) in [6.07, 6.45) is 13.6. The van der Waals surface area contributed by atoms with Gasteiger partial charge in [0, 0.05) is 40.6 Å². The molecule has 178 valence electrons. The summed E-state index contributed by atoms with van der Waals surface area (Å²) >= 11 is 0. The monoisotopic (exact) mass is 462 g/mol. The standard InChI is InChI=1S/C29H28N4.C2H6/c1-4-7-21-9-6-10-25(17-21)33-24(8-5-2)14-13-23-19-31-27-16-15-26(32-28(27)29(23)33)22-12-11-20(3)30-18-22;1-2/h6,8-19H,4-5,7H2,1-3H3;1-2H3/b24-8-;. The Bertz CT molecular complexity index is 1370. The molecule has 35 heavy (non-hydrogen) atoms. The largest absolute Gasteiger partial charge is 0.308 e. The van der Waals surface area contributed by atoms with Crippen LogP contribution in [-0.2, 0) is 6.42 Å². The number of hydrogen-bond donors (Lipinski definition) is 0. The van der Waals surface area contributed by atoms with Crippen molar-refractivity contribution < 1.29 is 0 Å². The van der Waals surface area contributed by atoms with Crippen LogP contribution in [0.1, 0.15) is 57.4 Å². The Hall–Kier alpha value is -3.79. The van der Waals surface area contributed by atoms with E-state index in [0.29, 0.717) is 0 Å². The fourth-order valence-electron chi connectivity index (χ4n) is 4.37. The highest BCUT2D eigenvalue weighted by atomic mass is 15.2. The Kier molecular flexibility index (Phi) is 7.71. The summed E-state index contributed by atoms with van der Waals surface area (Å²) in [6.45, 7) is 10.4. The normalized spacial score (nSPS) is 13.5. The first-order valence-electron chi connectivity index (χ1n) is 12.7. The minimum atomic E-state index is 0.887. The van der Waals surface area contributed by atoms with Crippen molar-refractivity contribution in [1.82, 2.24) is 15.0 Å². The highest BCUT2D eigenvalue weighted by molar-refractivity contribution is 5.99. The van der Waals surface area contributed by atoms with Crippen LogP contribution in [-0.4, -0.2) is 15.0 Å². The molecule has 0 bridgehead atoms. The lowest BCUT2D eigenvalue weighted by Gasteiger charge is -2.31. The SMILES string of the molecule is CC.CC/C=C1/C=Cc2cnc3ccc(-c4ccc(C)nc4)nc3c2N1c1cccc(CCC)c1. The van der Waals surface area contributed by atoms with Gasteiger partial charge in [-0.05, 0) is 73.9 Å². The molecule has 4 heterocycles. The van der Waals surface area contributed by atoms with Crippen molar-refractivity contribution in [3.63, 3.8) is 0 Å². The zero-order valence-electron chi connectivity index (χ0n) is 21.4. The van der Waals surface area contributed by atoms with Gasteiger partial charge in [0.25, 0.3) is 0 Å². The average Bonchev–Trinajstić information content (AvgIpc) is 2.90. The fourth-order valence-corrected chi connectivity index (χ4v) is 4.37. The Morgan fingerprint density at radius 2 is 1.77 bits per heavy atom. The molecule has 3 aromatic heterocycles. The molecule has 0 unspecified atom stereocenters. The lowest BCUT2D eigenvalue weighted by molar-refractivity contribution is 0.921. The molecule has 1 aliphatic heterocycles. The van der Waals surface area contributed by atoms with Crippen LogP contribution in [0.2, 0.25) is 0 Å². The van der Waals surface area contributed by atoms with Crippen molar-refractivity contribution in [2.45, 2.75) is 53.9 Å². The van der Waals surface area contributed by atoms with E-state index in [1.807, 2.05) is 45.3 Å². The second-order valence-electron chi connectivity index (χ2n) is 8.44. The number of benzene rings is 1. The number of aryl methyl sites for hydroxylation is 2. The molecule has 4 aromatic rings. The Balaban J connectivity index is 0.00000141. The van der Waals surface area contributed by atoms with Crippen molar-refractivity contribution in [2.75, 3.05) is 4.90 Å². The molecule has 0 spiro atoms. The number of pyridine rings is 3. The smallest absolute Gasteiger partial charge is 0.114 e. The average molecular weight is 463 g/mol. The summed E-state index contributed by atoms with van der Waals surface area (Å²) in [5, 5.41) is 0. The van der Waals surface area contributed by atoms with Crippen LogP contribution >= 0.6 is 0 Å². The third-order valence-electron chi connectivity index (χ3n) is 5.96. The third-order valence-corrected chi connectivity index (χ3v) is 5.96. The molecule has 0 fully saturated rings. The van der Waals surface area contributed by atoms with Crippen LogP contribution in [0, 0.1) is 6.92 Å². The van der Waals surface area contributed by atoms with Crippen LogP contribution in [0.5, 0.6) is 0 Å². The number of hydrogen-bond acceptors (Lipinski definition) is 4. The van der Waals surface area contributed by atoms with E-state index in [0.717, 1.165) is 69.9 Å². The lowest BCUT2D eigenvalue weighted by atomic mass is 10.0. The Morgan fingerprint density at radius 1 is 0.914 bits per heavy atom. The van der Waals surface area contributed by atoms with E-state index < -0.39 is 0 Å². The maximum Gasteiger partial charge on any atom is 0.114 e. The molecule has 0 N–H and O–H groups in total. The van der Waals surface area contributed by atoms with Gasteiger partial charge in [-0.25, -0.2) is 4.98 Å². The molecule has 0 radical (unpaired) electrons. The second-order valence-corrected chi connectivity index (χ2v) is 8.44. The maximum atomic E-state index is 5.11. The molecule has 0 atom stereocenters. The third kappa shape index (κ3) is 5.02. The molecule has 4 heteroatoms. The Morgan fingerprint density at radius 3 is 2.51 bits per heavy atom. The predicted octanol–water partition coefficient (Wildman–Crippen LogP) is 8.44. The van der Waals surface area contributed by atoms with Crippen LogP contribution < -0.4 is 4.90 Å². The summed E-state index contributed by atoms with van der Waals surface area (Å²) in [7, 11) is 0. The summed E-state index contributed by atoms with van der Waals surface area (Å²) in [5.74, 6) is 0. The predicted molar refractivity (Wildman–Crippen MR) is 149 cm³/mol. The van der Waals surface area contributed by atoms with Crippen molar-refractivity contribution in [1.29, 1.82) is 0 Å². The number of aromatic nitrogens is 3. The minimum Gasteiger partial charge on any atom is -0.308 e. The molecule has 0 saturated carbocycles. The second kappa shape index (κ2) is 11.1. The van der Waals surface area contributed by atoms with Gasteiger partial charge >= 0.3 is 0 Å². The van der Waals surface area contributed by atoms with E-state index in [4.69, 9.17) is 9.97 Å². The van der Waals surface area contributed by atoms with E-state index in [1.165, 1.54) is 5.56 Å². The molecule has 0 aliphatic carbocycles. The van der Waals surface area contributed by atoms with Crippen molar-refractivity contribution in [3.05, 3.63) is 95.6 Å². The molecule has 4 nitrogen and oxygen atoms in total. The molecular weight excluding hydrogens is 428 g/mol. The highest BCUT2D eigenvalue weighted by Crippen LogP contribution is 2.41. The molecule has 5 rings (SSSR count). The summed E-state index contributed by atoms with van der Waals surface area (Å²) in [5.41, 5.74) is 10.5. The molecule has 1 aliphatic rings. The number of nitrogens with zero attached hydrogens (tertiary/aromatic N) is 4. The fraction of sp³-hybridized carbons (Fsp3) is 0.258. The molecule has 0 saturated heterocycles. The minimum absolute atomic E-state index is 0.887. The summed E-state index contributed by atoms with van der Waals surface area (Å²) in [4.78, 5) is 16.6. The van der Waals surface area contributed by atoms with Gasteiger partial charge in [-0.15, -0.1) is 0 Å². The summed E-state index contributed by atoms with van der Waals surface area (Å²) in [6, 6.07) is 17.0. The highest BCUT2D eigenvalue weighted by Gasteiger charge is 2.24. The van der Waals surface area contributed by atoms with Crippen LogP contribution in [0.3, 0.4) is 0 Å². The Labute approximate surface area is 209 Å². The van der Waals surface area contributed by atoms with Gasteiger partial charge in [-0.3, -0.25) is 9.97 Å². The zero-order chi connectivity index (χ0) is 24.8. The number of allylic oxidation sites excluding steroid dienone is 2. The molecule has 1 aromatic carbocycles. The first-order valence-corrected chi connectivity index (χ1v) is 12.7. The summed E-state index contributed by atoms with van der Waals surface area (Å²) < 4.78 is 0. The van der Waals surface area contributed by atoms with Gasteiger partial charge in [-0.1, -0.05) is 52.3 Å². The zero-order valence-corrected chi connectivity index (χ0v) is 21.4. The first kappa shape index (κ1) is 24.3. The van der Waals surface area contributed by atoms with Crippen molar-refractivity contribution in [3.8, 4) is 11.3 Å². The lowest BCUT2D eigenvalue weighted by Crippen LogP contribution is -2.20. The van der Waals surface area contributed by atoms with Crippen molar-refractivity contribution in [2.24, 2.45) is 0 Å². The van der Waals surface area contributed by atoms with Crippen LogP contribution in [0.4, 0.5) is 11.4 Å². The van der Waals surface area contributed by atoms with E-state index in [1.54, 1.807) is 0 Å². The molecule has 0 amide bonds. The van der Waals surface area contributed by atoms with E-state index in [9.17, 15) is 0 Å². The van der Waals surface area contributed by atoms with Gasteiger partial charge in [0.05, 0.1) is 16.9 Å². The van der Waals surface area contributed by atoms with Gasteiger partial charge in [0.1, 0.15) is 5.52 Å². The number of rotatable bonds is 5. The molecular formula is C31H34N4. The number of anilines is 2. The quantitative estimate of drug-likeness (QED) is 0.298. The maximum absolute atomic E-state index is 5.11. The van der Waals surface area contributed by atoms with Crippen LogP contribution in [0.15, 0.2) is 78.8 Å².